The summed E-state index contributed by atoms with van der Waals surface area (Å²) in [4.78, 5) is 0. The van der Waals surface area contributed by atoms with Crippen molar-refractivity contribution >= 4 is 8.80 Å². The van der Waals surface area contributed by atoms with Gasteiger partial charge in [-0.15, -0.1) is 0 Å². The van der Waals surface area contributed by atoms with Gasteiger partial charge in [-0.3, -0.25) is 0 Å². The molecule has 0 fully saturated rings. The van der Waals surface area contributed by atoms with Crippen molar-refractivity contribution in [3.8, 4) is 0 Å². The zero-order valence-electron chi connectivity index (χ0n) is 14.3. The van der Waals surface area contributed by atoms with Gasteiger partial charge in [-0.05, 0) is 0 Å². The first-order valence-electron chi connectivity index (χ1n) is 7.41. The van der Waals surface area contributed by atoms with Crippen molar-refractivity contribution in [2.24, 2.45) is 0 Å². The van der Waals surface area contributed by atoms with Crippen LogP contribution < -0.4 is 0 Å². The van der Waals surface area contributed by atoms with Gasteiger partial charge < -0.3 is 42.8 Å². The Morgan fingerprint density at radius 1 is 0.652 bits per heavy atom. The summed E-state index contributed by atoms with van der Waals surface area (Å²) in [6.45, 7) is 2.33. The molecule has 140 valence electrons. The van der Waals surface area contributed by atoms with Gasteiger partial charge in [-0.1, -0.05) is 0 Å². The second-order valence-electron chi connectivity index (χ2n) is 4.92. The fourth-order valence-corrected chi connectivity index (χ4v) is 3.66. The van der Waals surface area contributed by atoms with Crippen molar-refractivity contribution in [3.63, 3.8) is 0 Å². The highest BCUT2D eigenvalue weighted by Crippen LogP contribution is 2.18. The van der Waals surface area contributed by atoms with E-state index in [-0.39, 0.29) is 39.1 Å². The van der Waals surface area contributed by atoms with Crippen molar-refractivity contribution in [1.82, 2.24) is 0 Å². The first-order valence-corrected chi connectivity index (χ1v) is 9.63. The first kappa shape index (κ1) is 22.9. The fraction of sp³-hybridized carbons (Fsp3) is 1.00. The molecule has 0 saturated heterocycles. The lowest BCUT2D eigenvalue weighted by atomic mass is 10.4. The van der Waals surface area contributed by atoms with Crippen LogP contribution in [0.1, 0.15) is 19.3 Å². The molecule has 0 radical (unpaired) electrons. The first-order chi connectivity index (χ1) is 10.9. The molecule has 3 unspecified atom stereocenters. The third kappa shape index (κ3) is 11.9. The molecule has 0 aromatic rings. The number of ether oxygens (including phenoxy) is 3. The lowest BCUT2D eigenvalue weighted by Gasteiger charge is -2.32. The largest absolute Gasteiger partial charge is 0.503 e. The van der Waals surface area contributed by atoms with E-state index in [1.54, 1.807) is 0 Å². The Bertz CT molecular complexity index is 241. The highest BCUT2D eigenvalue weighted by atomic mass is 28.4. The Morgan fingerprint density at radius 3 is 1.13 bits per heavy atom. The van der Waals surface area contributed by atoms with Crippen LogP contribution in [-0.4, -0.2) is 84.1 Å². The van der Waals surface area contributed by atoms with Crippen molar-refractivity contribution < 1.29 is 42.8 Å². The van der Waals surface area contributed by atoms with Gasteiger partial charge in [0, 0.05) is 47.1 Å². The van der Waals surface area contributed by atoms with Crippen LogP contribution in [0.2, 0.25) is 6.55 Å². The van der Waals surface area contributed by atoms with E-state index < -0.39 is 27.7 Å². The molecular formula is C13H30O9Si. The average Bonchev–Trinajstić information content (AvgIpc) is 2.48. The lowest BCUT2D eigenvalue weighted by molar-refractivity contribution is -0.161. The predicted octanol–water partition coefficient (Wildman–Crippen LogP) is -0.330. The summed E-state index contributed by atoms with van der Waals surface area (Å²) in [7, 11) is 0.993. The number of methoxy groups -OCH3 is 3. The Balaban J connectivity index is 4.66. The third-order valence-corrected chi connectivity index (χ3v) is 4.86. The summed E-state index contributed by atoms with van der Waals surface area (Å²) in [5, 5.41) is 29.6. The zero-order chi connectivity index (χ0) is 17.7. The quantitative estimate of drug-likeness (QED) is 0.267. The van der Waals surface area contributed by atoms with E-state index in [0.717, 1.165) is 0 Å². The van der Waals surface area contributed by atoms with Crippen LogP contribution in [0.3, 0.4) is 0 Å². The van der Waals surface area contributed by atoms with Crippen LogP contribution in [0, 0.1) is 0 Å². The molecule has 3 atom stereocenters. The normalized spacial score (nSPS) is 18.4. The topological polar surface area (TPSA) is 116 Å². The minimum Gasteiger partial charge on any atom is -0.384 e. The van der Waals surface area contributed by atoms with Gasteiger partial charge in [0.15, 0.2) is 18.9 Å². The van der Waals surface area contributed by atoms with Gasteiger partial charge in [-0.2, -0.15) is 0 Å². The summed E-state index contributed by atoms with van der Waals surface area (Å²) in [6.07, 6.45) is -2.99. The van der Waals surface area contributed by atoms with Crippen LogP contribution >= 0.6 is 0 Å². The van der Waals surface area contributed by atoms with E-state index in [9.17, 15) is 15.3 Å². The van der Waals surface area contributed by atoms with Gasteiger partial charge in [0.05, 0.1) is 19.8 Å². The SMILES string of the molecule is COCCC(O)O[Si](C)(OC(O)CCOC)OC(O)CCOC. The predicted molar refractivity (Wildman–Crippen MR) is 82.4 cm³/mol. The molecule has 0 bridgehead atoms. The Morgan fingerprint density at radius 2 is 0.913 bits per heavy atom. The fourth-order valence-electron chi connectivity index (χ4n) is 1.66. The second-order valence-corrected chi connectivity index (χ2v) is 7.36. The van der Waals surface area contributed by atoms with Gasteiger partial charge in [0.1, 0.15) is 0 Å². The van der Waals surface area contributed by atoms with E-state index in [4.69, 9.17) is 27.5 Å². The van der Waals surface area contributed by atoms with E-state index in [1.807, 2.05) is 0 Å². The molecule has 0 aromatic carbocycles. The maximum atomic E-state index is 9.85. The monoisotopic (exact) mass is 358 g/mol. The molecule has 3 N–H and O–H groups in total. The molecule has 0 aliphatic carbocycles. The Kier molecular flexibility index (Phi) is 13.1. The number of hydrogen-bond acceptors (Lipinski definition) is 9. The molecule has 0 amide bonds. The van der Waals surface area contributed by atoms with E-state index in [0.29, 0.717) is 0 Å². The van der Waals surface area contributed by atoms with Crippen LogP contribution in [0.25, 0.3) is 0 Å². The van der Waals surface area contributed by atoms with Gasteiger partial charge in [-0.25, -0.2) is 0 Å². The van der Waals surface area contributed by atoms with Crippen molar-refractivity contribution in [3.05, 3.63) is 0 Å². The maximum Gasteiger partial charge on any atom is 0.503 e. The van der Waals surface area contributed by atoms with Crippen LogP contribution in [0.5, 0.6) is 0 Å². The minimum atomic E-state index is -3.51. The van der Waals surface area contributed by atoms with Gasteiger partial charge in [0.25, 0.3) is 0 Å². The summed E-state index contributed by atoms with van der Waals surface area (Å²) < 4.78 is 30.8. The maximum absolute atomic E-state index is 9.85. The zero-order valence-corrected chi connectivity index (χ0v) is 15.3. The molecule has 10 heteroatoms. The van der Waals surface area contributed by atoms with E-state index in [2.05, 4.69) is 0 Å². The summed E-state index contributed by atoms with van der Waals surface area (Å²) in [5.41, 5.74) is 0. The molecule has 0 aliphatic heterocycles. The van der Waals surface area contributed by atoms with Crippen molar-refractivity contribution in [2.75, 3.05) is 41.2 Å². The second kappa shape index (κ2) is 13.2. The summed E-state index contributed by atoms with van der Waals surface area (Å²) in [5.74, 6) is 0. The Labute approximate surface area is 138 Å². The highest BCUT2D eigenvalue weighted by molar-refractivity contribution is 6.59. The van der Waals surface area contributed by atoms with E-state index >= 15 is 0 Å². The third-order valence-electron chi connectivity index (χ3n) is 2.76. The average molecular weight is 358 g/mol. The highest BCUT2D eigenvalue weighted by Gasteiger charge is 2.42. The van der Waals surface area contributed by atoms with E-state index in [1.165, 1.54) is 27.9 Å². The minimum absolute atomic E-state index is 0.203. The Hall–Kier alpha value is -0.143. The smallest absolute Gasteiger partial charge is 0.384 e. The van der Waals surface area contributed by atoms with Gasteiger partial charge >= 0.3 is 8.80 Å². The number of rotatable bonds is 15. The standard InChI is InChI=1S/C13H30O9Si/c1-17-8-5-11(14)20-23(4,21-12(15)6-9-18-2)22-13(16)7-10-19-3/h11-16H,5-10H2,1-4H3. The molecule has 0 aromatic heterocycles. The van der Waals surface area contributed by atoms with Crippen LogP contribution in [0.4, 0.5) is 0 Å². The summed E-state index contributed by atoms with van der Waals surface area (Å²) in [6, 6.07) is 0. The van der Waals surface area contributed by atoms with Crippen LogP contribution in [-0.2, 0) is 27.5 Å². The van der Waals surface area contributed by atoms with Crippen LogP contribution in [0.15, 0.2) is 0 Å². The summed E-state index contributed by atoms with van der Waals surface area (Å²) >= 11 is 0. The molecule has 23 heavy (non-hydrogen) atoms. The molecule has 0 heterocycles. The number of hydrogen-bond donors (Lipinski definition) is 3. The molecular weight excluding hydrogens is 328 g/mol. The molecule has 9 nitrogen and oxygen atoms in total. The van der Waals surface area contributed by atoms with Crippen molar-refractivity contribution in [2.45, 2.75) is 44.7 Å². The lowest BCUT2D eigenvalue weighted by Crippen LogP contribution is -2.50. The van der Waals surface area contributed by atoms with Crippen molar-refractivity contribution in [1.29, 1.82) is 0 Å². The number of aliphatic hydroxyl groups excluding tert-OH is 3. The number of aliphatic hydroxyl groups is 3. The molecule has 0 spiro atoms. The molecule has 0 rings (SSSR count). The molecule has 0 saturated carbocycles. The molecule has 0 aliphatic rings. The van der Waals surface area contributed by atoms with Gasteiger partial charge in [0.2, 0.25) is 0 Å².